The maximum atomic E-state index is 11.7. The molecule has 0 bridgehead atoms. The van der Waals surface area contributed by atoms with E-state index < -0.39 is 5.60 Å². The Morgan fingerprint density at radius 2 is 2.46 bits per heavy atom. The Bertz CT molecular complexity index is 230. The van der Waals surface area contributed by atoms with E-state index in [2.05, 4.69) is 6.58 Å². The van der Waals surface area contributed by atoms with Crippen LogP contribution in [0, 0.1) is 0 Å². The molecule has 1 aliphatic heterocycles. The molecule has 1 atom stereocenters. The maximum Gasteiger partial charge on any atom is 0.164 e. The van der Waals surface area contributed by atoms with E-state index in [1.54, 1.807) is 6.08 Å². The molecule has 1 aliphatic rings. The molecule has 0 N–H and O–H groups in total. The third-order valence-electron chi connectivity index (χ3n) is 2.34. The van der Waals surface area contributed by atoms with Gasteiger partial charge in [-0.2, -0.15) is 0 Å². The number of hydrogen-bond acceptors (Lipinski definition) is 2. The molecule has 0 saturated heterocycles. The van der Waals surface area contributed by atoms with Gasteiger partial charge in [-0.05, 0) is 13.3 Å². The summed E-state index contributed by atoms with van der Waals surface area (Å²) in [6.45, 7) is 6.01. The van der Waals surface area contributed by atoms with E-state index in [-0.39, 0.29) is 5.78 Å². The van der Waals surface area contributed by atoms with Gasteiger partial charge in [0, 0.05) is 12.8 Å². The molecule has 0 aromatic rings. The van der Waals surface area contributed by atoms with Gasteiger partial charge < -0.3 is 4.74 Å². The first kappa shape index (κ1) is 10.2. The normalized spacial score (nSPS) is 27.2. The van der Waals surface area contributed by atoms with Gasteiger partial charge in [0.1, 0.15) is 5.60 Å². The van der Waals surface area contributed by atoms with Crippen molar-refractivity contribution in [1.29, 1.82) is 0 Å². The van der Waals surface area contributed by atoms with E-state index in [9.17, 15) is 4.79 Å². The van der Waals surface area contributed by atoms with Crippen LogP contribution in [0.5, 0.6) is 0 Å². The minimum atomic E-state index is -0.586. The summed E-state index contributed by atoms with van der Waals surface area (Å²) in [6.07, 6.45) is 7.69. The fourth-order valence-electron chi connectivity index (χ4n) is 1.36. The Morgan fingerprint density at radius 1 is 1.69 bits per heavy atom. The van der Waals surface area contributed by atoms with Crippen molar-refractivity contribution in [3.05, 3.63) is 24.8 Å². The molecule has 13 heavy (non-hydrogen) atoms. The Morgan fingerprint density at radius 3 is 3.00 bits per heavy atom. The van der Waals surface area contributed by atoms with Crippen LogP contribution in [-0.4, -0.2) is 18.0 Å². The molecular formula is C11H16O2. The molecule has 0 aliphatic carbocycles. The third-order valence-corrected chi connectivity index (χ3v) is 2.34. The summed E-state index contributed by atoms with van der Waals surface area (Å²) in [5, 5.41) is 0. The molecule has 2 heteroatoms. The average molecular weight is 180 g/mol. The number of hydrogen-bond donors (Lipinski definition) is 0. The monoisotopic (exact) mass is 180 g/mol. The quantitative estimate of drug-likeness (QED) is 0.620. The minimum Gasteiger partial charge on any atom is -0.363 e. The summed E-state index contributed by atoms with van der Waals surface area (Å²) in [6, 6.07) is 0. The van der Waals surface area contributed by atoms with E-state index in [0.717, 1.165) is 6.42 Å². The largest absolute Gasteiger partial charge is 0.363 e. The predicted molar refractivity (Wildman–Crippen MR) is 52.6 cm³/mol. The van der Waals surface area contributed by atoms with Crippen molar-refractivity contribution >= 4 is 5.78 Å². The average Bonchev–Trinajstić information content (AvgIpc) is 2.15. The van der Waals surface area contributed by atoms with E-state index in [4.69, 9.17) is 4.74 Å². The Kier molecular flexibility index (Phi) is 3.43. The van der Waals surface area contributed by atoms with Gasteiger partial charge in [0.2, 0.25) is 0 Å². The molecule has 1 rings (SSSR count). The standard InChI is InChI=1S/C11H16O2/c1-3-4-7-10(12)11(2)8-5-6-9-13-11/h3,5-6H,1,4,7-9H2,2H3. The summed E-state index contributed by atoms with van der Waals surface area (Å²) in [7, 11) is 0. The SMILES string of the molecule is C=CCCC(=O)C1(C)CC=CCO1. The Labute approximate surface area is 79.3 Å². The molecule has 0 aromatic heterocycles. The van der Waals surface area contributed by atoms with E-state index >= 15 is 0 Å². The van der Waals surface area contributed by atoms with Crippen molar-refractivity contribution in [2.24, 2.45) is 0 Å². The Hall–Kier alpha value is -0.890. The van der Waals surface area contributed by atoms with Gasteiger partial charge in [0.15, 0.2) is 5.78 Å². The molecule has 0 saturated carbocycles. The van der Waals surface area contributed by atoms with Gasteiger partial charge in [-0.25, -0.2) is 0 Å². The second-order valence-electron chi connectivity index (χ2n) is 3.47. The second-order valence-corrected chi connectivity index (χ2v) is 3.47. The zero-order valence-electron chi connectivity index (χ0n) is 8.08. The van der Waals surface area contributed by atoms with Gasteiger partial charge in [0.25, 0.3) is 0 Å². The first-order chi connectivity index (χ1) is 6.19. The van der Waals surface area contributed by atoms with Gasteiger partial charge >= 0.3 is 0 Å². The van der Waals surface area contributed by atoms with Crippen LogP contribution in [0.1, 0.15) is 26.2 Å². The molecule has 0 spiro atoms. The highest BCUT2D eigenvalue weighted by Crippen LogP contribution is 2.23. The summed E-state index contributed by atoms with van der Waals surface area (Å²) >= 11 is 0. The van der Waals surface area contributed by atoms with Crippen molar-refractivity contribution in [3.63, 3.8) is 0 Å². The van der Waals surface area contributed by atoms with Crippen molar-refractivity contribution in [3.8, 4) is 0 Å². The number of allylic oxidation sites excluding steroid dienone is 1. The minimum absolute atomic E-state index is 0.178. The summed E-state index contributed by atoms with van der Waals surface area (Å²) < 4.78 is 5.45. The van der Waals surface area contributed by atoms with E-state index in [1.165, 1.54) is 0 Å². The number of carbonyl (C=O) groups is 1. The fraction of sp³-hybridized carbons (Fsp3) is 0.545. The van der Waals surface area contributed by atoms with Crippen LogP contribution in [0.2, 0.25) is 0 Å². The number of Topliss-reactive ketones (excluding diaryl/α,β-unsaturated/α-hetero) is 1. The highest BCUT2D eigenvalue weighted by atomic mass is 16.5. The predicted octanol–water partition coefficient (Wildman–Crippen LogP) is 2.26. The number of ether oxygens (including phenoxy) is 1. The van der Waals surface area contributed by atoms with E-state index in [1.807, 2.05) is 19.1 Å². The third kappa shape index (κ3) is 2.52. The lowest BCUT2D eigenvalue weighted by Crippen LogP contribution is -2.39. The molecule has 2 nitrogen and oxygen atoms in total. The van der Waals surface area contributed by atoms with Gasteiger partial charge in [-0.1, -0.05) is 18.2 Å². The van der Waals surface area contributed by atoms with E-state index in [0.29, 0.717) is 19.4 Å². The van der Waals surface area contributed by atoms with Crippen LogP contribution < -0.4 is 0 Å². The molecule has 1 unspecified atom stereocenters. The highest BCUT2D eigenvalue weighted by Gasteiger charge is 2.32. The highest BCUT2D eigenvalue weighted by molar-refractivity contribution is 5.87. The van der Waals surface area contributed by atoms with Crippen molar-refractivity contribution < 1.29 is 9.53 Å². The first-order valence-electron chi connectivity index (χ1n) is 4.62. The number of carbonyl (C=O) groups excluding carboxylic acids is 1. The van der Waals surface area contributed by atoms with Crippen LogP contribution in [-0.2, 0) is 9.53 Å². The smallest absolute Gasteiger partial charge is 0.164 e. The molecule has 0 amide bonds. The maximum absolute atomic E-state index is 11.7. The molecule has 0 radical (unpaired) electrons. The van der Waals surface area contributed by atoms with Crippen LogP contribution in [0.25, 0.3) is 0 Å². The van der Waals surface area contributed by atoms with Crippen LogP contribution in [0.4, 0.5) is 0 Å². The lowest BCUT2D eigenvalue weighted by molar-refractivity contribution is -0.141. The summed E-state index contributed by atoms with van der Waals surface area (Å²) in [5.41, 5.74) is -0.586. The topological polar surface area (TPSA) is 26.3 Å². The van der Waals surface area contributed by atoms with Crippen molar-refractivity contribution in [1.82, 2.24) is 0 Å². The zero-order valence-corrected chi connectivity index (χ0v) is 8.08. The summed E-state index contributed by atoms with van der Waals surface area (Å²) in [4.78, 5) is 11.7. The Balaban J connectivity index is 2.52. The zero-order chi connectivity index (χ0) is 9.73. The second kappa shape index (κ2) is 4.38. The van der Waals surface area contributed by atoms with Crippen LogP contribution in [0.15, 0.2) is 24.8 Å². The number of rotatable bonds is 4. The lowest BCUT2D eigenvalue weighted by atomic mass is 9.92. The van der Waals surface area contributed by atoms with Crippen molar-refractivity contribution in [2.45, 2.75) is 31.8 Å². The first-order valence-corrected chi connectivity index (χ1v) is 4.62. The molecular weight excluding hydrogens is 164 g/mol. The van der Waals surface area contributed by atoms with Crippen LogP contribution >= 0.6 is 0 Å². The van der Waals surface area contributed by atoms with Gasteiger partial charge in [0.05, 0.1) is 6.61 Å². The van der Waals surface area contributed by atoms with Crippen LogP contribution in [0.3, 0.4) is 0 Å². The van der Waals surface area contributed by atoms with Gasteiger partial charge in [-0.3, -0.25) is 4.79 Å². The molecule has 0 aromatic carbocycles. The molecule has 72 valence electrons. The summed E-state index contributed by atoms with van der Waals surface area (Å²) in [5.74, 6) is 0.178. The number of ketones is 1. The molecule has 1 heterocycles. The van der Waals surface area contributed by atoms with Crippen molar-refractivity contribution in [2.75, 3.05) is 6.61 Å². The molecule has 0 fully saturated rings. The fourth-order valence-corrected chi connectivity index (χ4v) is 1.36. The lowest BCUT2D eigenvalue weighted by Gasteiger charge is -2.29. The van der Waals surface area contributed by atoms with Gasteiger partial charge in [-0.15, -0.1) is 6.58 Å².